The largest absolute Gasteiger partial charge is 0.545 e. The summed E-state index contributed by atoms with van der Waals surface area (Å²) in [6, 6.07) is 14.1. The fraction of sp³-hybridized carbons (Fsp3) is 0.355. The van der Waals surface area contributed by atoms with E-state index in [4.69, 9.17) is 0 Å². The van der Waals surface area contributed by atoms with E-state index in [1.165, 1.54) is 48.2 Å². The number of carbonyl (C=O) groups is 1. The Kier molecular flexibility index (Phi) is 5.28. The summed E-state index contributed by atoms with van der Waals surface area (Å²) in [6.45, 7) is 9.01. The Morgan fingerprint density at radius 1 is 0.943 bits per heavy atom. The van der Waals surface area contributed by atoms with Crippen LogP contribution in [0.15, 0.2) is 71.8 Å². The topological polar surface area (TPSA) is 46.4 Å². The van der Waals surface area contributed by atoms with Crippen molar-refractivity contribution in [3.8, 4) is 0 Å². The number of nitrogens with zero attached hydrogens (tertiary/aromatic N) is 2. The maximum absolute atomic E-state index is 12.1. The number of carbonyl (C=O) groups excluding carboxylic acids is 1. The number of anilines is 1. The van der Waals surface area contributed by atoms with Crippen LogP contribution < -0.4 is 10.0 Å². The molecule has 2 aromatic carbocycles. The van der Waals surface area contributed by atoms with Gasteiger partial charge in [-0.25, -0.2) is 4.58 Å². The normalized spacial score (nSPS) is 20.7. The van der Waals surface area contributed by atoms with E-state index in [9.17, 15) is 9.90 Å². The molecule has 2 aromatic rings. The van der Waals surface area contributed by atoms with Crippen LogP contribution in [0.5, 0.6) is 0 Å². The van der Waals surface area contributed by atoms with Gasteiger partial charge in [0, 0.05) is 54.7 Å². The lowest BCUT2D eigenvalue weighted by molar-refractivity contribution is -0.504. The zero-order chi connectivity index (χ0) is 24.2. The van der Waals surface area contributed by atoms with E-state index in [1.54, 1.807) is 12.1 Å². The zero-order valence-corrected chi connectivity index (χ0v) is 20.6. The maximum Gasteiger partial charge on any atom is 0.200 e. The van der Waals surface area contributed by atoms with Crippen molar-refractivity contribution in [3.05, 3.63) is 94.1 Å². The third-order valence-corrected chi connectivity index (χ3v) is 8.25. The molecule has 0 N–H and O–H groups in total. The molecule has 0 radical (unpaired) electrons. The van der Waals surface area contributed by atoms with Crippen molar-refractivity contribution in [2.75, 3.05) is 31.1 Å². The monoisotopic (exact) mass is 464 g/mol. The van der Waals surface area contributed by atoms with Crippen molar-refractivity contribution >= 4 is 22.9 Å². The van der Waals surface area contributed by atoms with Gasteiger partial charge in [-0.15, -0.1) is 0 Å². The molecule has 35 heavy (non-hydrogen) atoms. The second-order valence-corrected chi connectivity index (χ2v) is 10.7. The average molecular weight is 465 g/mol. The molecule has 2 fully saturated rings. The summed E-state index contributed by atoms with van der Waals surface area (Å²) >= 11 is 0. The zero-order valence-electron chi connectivity index (χ0n) is 20.6. The molecule has 0 bridgehead atoms. The molecule has 0 amide bonds. The van der Waals surface area contributed by atoms with Crippen LogP contribution in [0.4, 0.5) is 5.69 Å². The van der Waals surface area contributed by atoms with Crippen LogP contribution in [0.1, 0.15) is 66.6 Å². The smallest absolute Gasteiger partial charge is 0.200 e. The minimum atomic E-state index is -1.14. The van der Waals surface area contributed by atoms with Crippen LogP contribution in [0.2, 0.25) is 0 Å². The van der Waals surface area contributed by atoms with Gasteiger partial charge in [-0.1, -0.05) is 44.2 Å². The molecule has 6 rings (SSSR count). The van der Waals surface area contributed by atoms with Gasteiger partial charge < -0.3 is 14.8 Å². The molecule has 0 unspecified atom stereocenters. The lowest BCUT2D eigenvalue weighted by atomic mass is 9.64. The second-order valence-electron chi connectivity index (χ2n) is 10.7. The highest BCUT2D eigenvalue weighted by Gasteiger charge is 2.39. The van der Waals surface area contributed by atoms with Crippen molar-refractivity contribution in [1.82, 2.24) is 0 Å². The SMILES string of the molecule is CC1(C)C2=CC(=[N+]3CCCC3)C=CC2=C(c2ccccc2C(=O)[O-])c2ccc(N3CCCC3)cc21. The van der Waals surface area contributed by atoms with E-state index in [0.29, 0.717) is 0 Å². The van der Waals surface area contributed by atoms with E-state index in [0.717, 1.165) is 48.5 Å². The Morgan fingerprint density at radius 3 is 2.43 bits per heavy atom. The molecule has 178 valence electrons. The summed E-state index contributed by atoms with van der Waals surface area (Å²) in [4.78, 5) is 14.6. The highest BCUT2D eigenvalue weighted by atomic mass is 16.4. The van der Waals surface area contributed by atoms with Gasteiger partial charge in [0.15, 0.2) is 5.71 Å². The molecule has 2 aliphatic carbocycles. The number of fused-ring (bicyclic) bond motifs is 2. The van der Waals surface area contributed by atoms with Crippen molar-refractivity contribution in [2.24, 2.45) is 0 Å². The van der Waals surface area contributed by atoms with Crippen molar-refractivity contribution in [3.63, 3.8) is 0 Å². The molecule has 0 atom stereocenters. The Bertz CT molecular complexity index is 1340. The summed E-state index contributed by atoms with van der Waals surface area (Å²) in [5.74, 6) is -1.14. The molecule has 4 aliphatic rings. The van der Waals surface area contributed by atoms with Crippen molar-refractivity contribution < 1.29 is 14.5 Å². The Hall–Kier alpha value is -3.40. The Balaban J connectivity index is 1.63. The van der Waals surface area contributed by atoms with Gasteiger partial charge in [0.2, 0.25) is 0 Å². The molecule has 2 heterocycles. The minimum absolute atomic E-state index is 0.212. The van der Waals surface area contributed by atoms with Gasteiger partial charge in [0.25, 0.3) is 0 Å². The molecule has 2 saturated heterocycles. The highest BCUT2D eigenvalue weighted by Crippen LogP contribution is 2.51. The molecular formula is C31H32N2O2. The molecule has 0 aromatic heterocycles. The van der Waals surface area contributed by atoms with E-state index >= 15 is 0 Å². The van der Waals surface area contributed by atoms with Crippen LogP contribution >= 0.6 is 0 Å². The molecule has 0 spiro atoms. The number of benzene rings is 2. The van der Waals surface area contributed by atoms with E-state index in [1.807, 2.05) is 12.1 Å². The maximum atomic E-state index is 12.1. The van der Waals surface area contributed by atoms with E-state index in [2.05, 4.69) is 59.8 Å². The van der Waals surface area contributed by atoms with Crippen LogP contribution in [0.3, 0.4) is 0 Å². The fourth-order valence-corrected chi connectivity index (χ4v) is 6.34. The average Bonchev–Trinajstić information content (AvgIpc) is 3.59. The first-order valence-electron chi connectivity index (χ1n) is 12.9. The lowest BCUT2D eigenvalue weighted by Gasteiger charge is -2.40. The first-order chi connectivity index (χ1) is 16.9. The standard InChI is InChI=1S/C31H32N2O2/c1-31(2)27-19-21(32-15-5-6-16-32)11-13-25(27)29(23-9-3-4-10-24(23)30(34)35)26-14-12-22(20-28(26)31)33-17-7-8-18-33/h3-4,9-14,19-20H,5-8,15-18H2,1-2H3. The molecular weight excluding hydrogens is 432 g/mol. The summed E-state index contributed by atoms with van der Waals surface area (Å²) in [7, 11) is 0. The number of rotatable bonds is 3. The lowest BCUT2D eigenvalue weighted by Crippen LogP contribution is -2.32. The third-order valence-electron chi connectivity index (χ3n) is 8.25. The van der Waals surface area contributed by atoms with Crippen LogP contribution in [0.25, 0.3) is 5.57 Å². The van der Waals surface area contributed by atoms with Gasteiger partial charge in [-0.05, 0) is 64.5 Å². The minimum Gasteiger partial charge on any atom is -0.545 e. The van der Waals surface area contributed by atoms with Gasteiger partial charge in [-0.2, -0.15) is 0 Å². The summed E-state index contributed by atoms with van der Waals surface area (Å²) in [6.07, 6.45) is 11.7. The predicted octanol–water partition coefficient (Wildman–Crippen LogP) is 4.49. The predicted molar refractivity (Wildman–Crippen MR) is 139 cm³/mol. The number of hydrogen-bond acceptors (Lipinski definition) is 3. The highest BCUT2D eigenvalue weighted by molar-refractivity contribution is 6.08. The quantitative estimate of drug-likeness (QED) is 0.629. The van der Waals surface area contributed by atoms with Crippen LogP contribution in [0, 0.1) is 0 Å². The van der Waals surface area contributed by atoms with Gasteiger partial charge in [0.1, 0.15) is 13.1 Å². The Morgan fingerprint density at radius 2 is 1.69 bits per heavy atom. The third kappa shape index (κ3) is 3.58. The van der Waals surface area contributed by atoms with Gasteiger partial charge in [0.05, 0.1) is 5.97 Å². The molecule has 2 aliphatic heterocycles. The fourth-order valence-electron chi connectivity index (χ4n) is 6.34. The summed E-state index contributed by atoms with van der Waals surface area (Å²) in [5, 5.41) is 12.1. The van der Waals surface area contributed by atoms with Crippen LogP contribution in [-0.2, 0) is 5.41 Å². The second kappa shape index (κ2) is 8.37. The van der Waals surface area contributed by atoms with Gasteiger partial charge >= 0.3 is 0 Å². The van der Waals surface area contributed by atoms with E-state index in [-0.39, 0.29) is 11.0 Å². The number of carboxylic acid groups (broad SMARTS) is 1. The van der Waals surface area contributed by atoms with Crippen molar-refractivity contribution in [1.29, 1.82) is 0 Å². The van der Waals surface area contributed by atoms with Crippen molar-refractivity contribution in [2.45, 2.75) is 44.9 Å². The van der Waals surface area contributed by atoms with Gasteiger partial charge in [-0.3, -0.25) is 0 Å². The summed E-state index contributed by atoms with van der Waals surface area (Å²) in [5.41, 5.74) is 9.04. The number of carboxylic acids is 1. The summed E-state index contributed by atoms with van der Waals surface area (Å²) < 4.78 is 2.47. The first-order valence-corrected chi connectivity index (χ1v) is 12.9. The Labute approximate surface area is 207 Å². The molecule has 4 nitrogen and oxygen atoms in total. The van der Waals surface area contributed by atoms with Crippen LogP contribution in [-0.4, -0.2) is 42.4 Å². The molecule has 4 heteroatoms. The number of hydrogen-bond donors (Lipinski definition) is 0. The first kappa shape index (κ1) is 22.1. The number of aromatic carboxylic acids is 1. The number of allylic oxidation sites excluding steroid dienone is 5. The molecule has 0 saturated carbocycles. The van der Waals surface area contributed by atoms with E-state index < -0.39 is 5.97 Å².